The monoisotopic (exact) mass is 837 g/mol. The predicted octanol–water partition coefficient (Wildman–Crippen LogP) is 9.95. The minimum atomic E-state index is -4.42. The quantitative estimate of drug-likeness (QED) is 0.120. The molecular formula is C38H27Cl2F6N11O. The summed E-state index contributed by atoms with van der Waals surface area (Å²) in [6.45, 7) is 3.58. The van der Waals surface area contributed by atoms with Gasteiger partial charge in [0.15, 0.2) is 0 Å². The number of nitrogens with two attached hydrogens (primary N) is 1. The molecule has 4 aromatic carbocycles. The third-order valence-electron chi connectivity index (χ3n) is 8.43. The van der Waals surface area contributed by atoms with E-state index in [0.717, 1.165) is 35.3 Å². The van der Waals surface area contributed by atoms with Crippen molar-refractivity contribution in [1.29, 1.82) is 0 Å². The van der Waals surface area contributed by atoms with E-state index in [1.54, 1.807) is 58.5 Å². The molecule has 0 unspecified atom stereocenters. The predicted molar refractivity (Wildman–Crippen MR) is 210 cm³/mol. The van der Waals surface area contributed by atoms with Crippen LogP contribution in [0, 0.1) is 13.8 Å². The van der Waals surface area contributed by atoms with Gasteiger partial charge in [0.2, 0.25) is 11.9 Å². The van der Waals surface area contributed by atoms with Crippen LogP contribution in [0.3, 0.4) is 0 Å². The van der Waals surface area contributed by atoms with E-state index >= 15 is 0 Å². The highest BCUT2D eigenvalue weighted by atomic mass is 35.5. The summed E-state index contributed by atoms with van der Waals surface area (Å²) >= 11 is 12.2. The second-order valence-electron chi connectivity index (χ2n) is 12.6. The summed E-state index contributed by atoms with van der Waals surface area (Å²) in [7, 11) is 0. The molecule has 0 radical (unpaired) electrons. The van der Waals surface area contributed by atoms with E-state index in [9.17, 15) is 31.1 Å². The van der Waals surface area contributed by atoms with Gasteiger partial charge in [-0.15, -0.1) is 0 Å². The van der Waals surface area contributed by atoms with E-state index in [1.165, 1.54) is 30.3 Å². The van der Waals surface area contributed by atoms with Gasteiger partial charge in [-0.25, -0.2) is 9.97 Å². The van der Waals surface area contributed by atoms with Gasteiger partial charge in [0.25, 0.3) is 5.56 Å². The Morgan fingerprint density at radius 3 is 1.55 bits per heavy atom. The fourth-order valence-corrected chi connectivity index (χ4v) is 6.24. The van der Waals surface area contributed by atoms with E-state index in [1.807, 2.05) is 6.92 Å². The highest BCUT2D eigenvalue weighted by molar-refractivity contribution is 6.31. The molecule has 0 atom stereocenters. The molecule has 58 heavy (non-hydrogen) atoms. The van der Waals surface area contributed by atoms with Crippen LogP contribution in [0.25, 0.3) is 33.7 Å². The lowest BCUT2D eigenvalue weighted by Gasteiger charge is -2.11. The van der Waals surface area contributed by atoms with Crippen LogP contribution in [0.2, 0.25) is 10.0 Å². The molecule has 0 fully saturated rings. The molecule has 0 amide bonds. The number of nitrogens with zero attached hydrogens (tertiary/aromatic N) is 7. The Kier molecular flexibility index (Phi) is 10.5. The molecule has 0 bridgehead atoms. The third kappa shape index (κ3) is 8.67. The number of fused-ring (bicyclic) bond motifs is 2. The van der Waals surface area contributed by atoms with Crippen LogP contribution in [-0.2, 0) is 12.4 Å². The first-order chi connectivity index (χ1) is 27.4. The summed E-state index contributed by atoms with van der Waals surface area (Å²) in [5, 5.41) is 6.74. The summed E-state index contributed by atoms with van der Waals surface area (Å²) in [6, 6.07) is 22.3. The topological polar surface area (TPSA) is 157 Å². The first kappa shape index (κ1) is 39.6. The summed E-state index contributed by atoms with van der Waals surface area (Å²) < 4.78 is 79.7. The molecule has 8 aromatic rings. The zero-order chi connectivity index (χ0) is 41.5. The molecule has 0 saturated carbocycles. The Hall–Kier alpha value is -6.66. The number of hydrogen-bond acceptors (Lipinski definition) is 9. The van der Waals surface area contributed by atoms with Gasteiger partial charge >= 0.3 is 12.4 Å². The number of H-pyrrole nitrogens is 1. The number of nitrogen functional groups attached to an aromatic ring is 1. The lowest BCUT2D eigenvalue weighted by atomic mass is 10.2. The maximum atomic E-state index is 12.7. The van der Waals surface area contributed by atoms with Gasteiger partial charge in [0.1, 0.15) is 29.1 Å². The first-order valence-electron chi connectivity index (χ1n) is 16.9. The maximum absolute atomic E-state index is 12.7. The Morgan fingerprint density at radius 1 is 0.603 bits per heavy atom. The molecule has 8 rings (SSSR count). The Balaban J connectivity index is 0.000000177. The van der Waals surface area contributed by atoms with Crippen molar-refractivity contribution in [2.45, 2.75) is 26.2 Å². The summed E-state index contributed by atoms with van der Waals surface area (Å²) in [6.07, 6.45) is -8.83. The third-order valence-corrected chi connectivity index (χ3v) is 8.90. The van der Waals surface area contributed by atoms with Crippen LogP contribution >= 0.6 is 23.2 Å². The fourth-order valence-electron chi connectivity index (χ4n) is 5.91. The maximum Gasteiger partial charge on any atom is 0.416 e. The highest BCUT2D eigenvalue weighted by Gasteiger charge is 2.31. The molecule has 4 heterocycles. The van der Waals surface area contributed by atoms with Gasteiger partial charge in [-0.1, -0.05) is 23.2 Å². The fraction of sp³-hybridized carbons (Fsp3) is 0.105. The van der Waals surface area contributed by atoms with Crippen molar-refractivity contribution in [3.8, 4) is 11.6 Å². The molecule has 5 N–H and O–H groups in total. The van der Waals surface area contributed by atoms with E-state index in [-0.39, 0.29) is 17.7 Å². The second kappa shape index (κ2) is 15.4. The molecule has 296 valence electrons. The Morgan fingerprint density at radius 2 is 1.07 bits per heavy atom. The number of hydrogen-bond donors (Lipinski definition) is 4. The average Bonchev–Trinajstić information content (AvgIpc) is 3.65. The van der Waals surface area contributed by atoms with Crippen LogP contribution in [0.5, 0.6) is 0 Å². The van der Waals surface area contributed by atoms with E-state index in [2.05, 4.69) is 40.5 Å². The number of anilines is 5. The number of benzene rings is 4. The molecular weight excluding hydrogens is 811 g/mol. The minimum Gasteiger partial charge on any atom is -0.383 e. The van der Waals surface area contributed by atoms with Crippen molar-refractivity contribution in [3.63, 3.8) is 0 Å². The van der Waals surface area contributed by atoms with Gasteiger partial charge in [-0.2, -0.15) is 41.3 Å². The Labute approximate surface area is 333 Å². The van der Waals surface area contributed by atoms with Crippen molar-refractivity contribution in [2.75, 3.05) is 16.4 Å². The smallest absolute Gasteiger partial charge is 0.383 e. The van der Waals surface area contributed by atoms with Crippen LogP contribution in [0.15, 0.2) is 102 Å². The standard InChI is InChI=1S/C19H14ClF3N6.C19H13ClF3N5O/c1-10-25-14-7-4-12(20)8-15(14)29(10)17-9-16(24)27-18(28-17)26-13-5-2-11(3-6-13)19(21,22)23;1-10-24-14-7-4-12(20)8-15(14)28(10)16-9-17(29)27-18(26-16)25-13-5-2-11(3-6-13)19(21,22)23/h2-9H,1H3,(H3,24,26,27,28);2-9H,1H3,(H2,25,26,27,29). The van der Waals surface area contributed by atoms with Crippen LogP contribution in [-0.4, -0.2) is 39.0 Å². The van der Waals surface area contributed by atoms with E-state index < -0.39 is 29.0 Å². The summed E-state index contributed by atoms with van der Waals surface area (Å²) in [5.41, 5.74) is 7.56. The molecule has 20 heteroatoms. The number of aromatic amines is 1. The second-order valence-corrected chi connectivity index (χ2v) is 13.5. The van der Waals surface area contributed by atoms with Crippen molar-refractivity contribution >= 4 is 74.4 Å². The lowest BCUT2D eigenvalue weighted by Crippen LogP contribution is -2.14. The van der Waals surface area contributed by atoms with Crippen LogP contribution in [0.1, 0.15) is 22.8 Å². The summed E-state index contributed by atoms with van der Waals surface area (Å²) in [4.78, 5) is 36.5. The van der Waals surface area contributed by atoms with E-state index in [4.69, 9.17) is 28.9 Å². The van der Waals surface area contributed by atoms with Gasteiger partial charge in [0, 0.05) is 33.6 Å². The van der Waals surface area contributed by atoms with E-state index in [0.29, 0.717) is 55.7 Å². The number of halogens is 8. The lowest BCUT2D eigenvalue weighted by molar-refractivity contribution is -0.138. The Bertz CT molecular complexity index is 2850. The molecule has 0 aliphatic heterocycles. The molecule has 4 aromatic heterocycles. The number of aromatic nitrogens is 8. The number of imidazole rings is 2. The van der Waals surface area contributed by atoms with Crippen LogP contribution < -0.4 is 21.9 Å². The SMILES string of the molecule is Cc1nc2ccc(Cl)cc2n1-c1cc(=O)[nH]c(Nc2ccc(C(F)(F)F)cc2)n1.Cc1nc2ccc(Cl)cc2n1-c1cc(N)nc(Nc2ccc(C(F)(F)F)cc2)n1. The number of alkyl halides is 6. The van der Waals surface area contributed by atoms with Gasteiger partial charge in [0.05, 0.1) is 33.2 Å². The van der Waals surface area contributed by atoms with Crippen molar-refractivity contribution < 1.29 is 26.3 Å². The largest absolute Gasteiger partial charge is 0.416 e. The zero-order valence-electron chi connectivity index (χ0n) is 29.9. The molecule has 12 nitrogen and oxygen atoms in total. The van der Waals surface area contributed by atoms with Crippen molar-refractivity contribution in [3.05, 3.63) is 140 Å². The number of nitrogens with one attached hydrogen (secondary N) is 3. The normalized spacial score (nSPS) is 11.8. The summed E-state index contributed by atoms with van der Waals surface area (Å²) in [5.74, 6) is 2.42. The molecule has 0 aliphatic rings. The van der Waals surface area contributed by atoms with Gasteiger partial charge in [-0.3, -0.25) is 18.9 Å². The first-order valence-corrected chi connectivity index (χ1v) is 17.6. The number of rotatable bonds is 6. The van der Waals surface area contributed by atoms with Crippen molar-refractivity contribution in [2.24, 2.45) is 0 Å². The number of aryl methyl sites for hydroxylation is 2. The average molecular weight is 839 g/mol. The van der Waals surface area contributed by atoms with Gasteiger partial charge in [-0.05, 0) is 98.8 Å². The van der Waals surface area contributed by atoms with Crippen molar-refractivity contribution in [1.82, 2.24) is 39.0 Å². The van der Waals surface area contributed by atoms with Gasteiger partial charge < -0.3 is 16.4 Å². The minimum absolute atomic E-state index is 0.0792. The molecule has 0 aliphatic carbocycles. The molecule has 0 spiro atoms. The zero-order valence-corrected chi connectivity index (χ0v) is 31.4. The van der Waals surface area contributed by atoms with Crippen LogP contribution in [0.4, 0.5) is 55.4 Å². The highest BCUT2D eigenvalue weighted by Crippen LogP contribution is 2.32. The molecule has 0 saturated heterocycles.